The third-order valence-corrected chi connectivity index (χ3v) is 6.45. The van der Waals surface area contributed by atoms with Crippen LogP contribution in [0, 0.1) is 3.57 Å². The topological polar surface area (TPSA) is 90.0 Å². The number of sulfonamides is 1. The molecule has 0 unspecified atom stereocenters. The molecule has 0 bridgehead atoms. The highest BCUT2D eigenvalue weighted by molar-refractivity contribution is 14.1. The molecule has 0 saturated heterocycles. The Morgan fingerprint density at radius 2 is 1.65 bits per heavy atom. The van der Waals surface area contributed by atoms with E-state index in [1.165, 1.54) is 26.4 Å². The van der Waals surface area contributed by atoms with Crippen molar-refractivity contribution in [1.82, 2.24) is 4.31 Å². The molecule has 3 rings (SSSR count). The van der Waals surface area contributed by atoms with Crippen LogP contribution in [0.4, 0.5) is 0 Å². The van der Waals surface area contributed by atoms with Crippen LogP contribution in [0.2, 0.25) is 0 Å². The molecule has 0 saturated carbocycles. The first-order valence-electron chi connectivity index (χ1n) is 7.41. The molecular formula is C17H14INO6S. The van der Waals surface area contributed by atoms with Crippen molar-refractivity contribution in [3.63, 3.8) is 0 Å². The molecule has 2 aromatic carbocycles. The summed E-state index contributed by atoms with van der Waals surface area (Å²) < 4.78 is 37.2. The summed E-state index contributed by atoms with van der Waals surface area (Å²) >= 11 is 2.10. The van der Waals surface area contributed by atoms with Gasteiger partial charge in [-0.2, -0.15) is 0 Å². The summed E-state index contributed by atoms with van der Waals surface area (Å²) in [6.45, 7) is -0.568. The highest BCUT2D eigenvalue weighted by Crippen LogP contribution is 2.38. The first-order valence-corrected chi connectivity index (χ1v) is 9.93. The third-order valence-electron chi connectivity index (χ3n) is 3.96. The van der Waals surface area contributed by atoms with E-state index in [1.807, 2.05) is 0 Å². The number of amides is 1. The molecule has 1 amide bonds. The number of ketones is 1. The van der Waals surface area contributed by atoms with Gasteiger partial charge in [0.05, 0.1) is 19.8 Å². The van der Waals surface area contributed by atoms with Gasteiger partial charge in [0.1, 0.15) is 11.4 Å². The van der Waals surface area contributed by atoms with Gasteiger partial charge in [0.25, 0.3) is 15.9 Å². The van der Waals surface area contributed by atoms with E-state index in [2.05, 4.69) is 22.6 Å². The van der Waals surface area contributed by atoms with Gasteiger partial charge >= 0.3 is 0 Å². The number of hydrogen-bond acceptors (Lipinski definition) is 6. The summed E-state index contributed by atoms with van der Waals surface area (Å²) in [5.74, 6) is -0.807. The highest BCUT2D eigenvalue weighted by Gasteiger charge is 2.43. The van der Waals surface area contributed by atoms with Crippen LogP contribution < -0.4 is 9.47 Å². The third kappa shape index (κ3) is 3.05. The molecule has 0 radical (unpaired) electrons. The summed E-state index contributed by atoms with van der Waals surface area (Å²) in [5.41, 5.74) is 0.289. The molecule has 0 aromatic heterocycles. The monoisotopic (exact) mass is 487 g/mol. The van der Waals surface area contributed by atoms with Crippen LogP contribution in [0.5, 0.6) is 11.5 Å². The average Bonchev–Trinajstić information content (AvgIpc) is 2.81. The van der Waals surface area contributed by atoms with Gasteiger partial charge in [-0.1, -0.05) is 12.1 Å². The van der Waals surface area contributed by atoms with Crippen LogP contribution in [0.3, 0.4) is 0 Å². The predicted molar refractivity (Wildman–Crippen MR) is 101 cm³/mol. The van der Waals surface area contributed by atoms with Crippen molar-refractivity contribution >= 4 is 44.3 Å². The van der Waals surface area contributed by atoms with Crippen molar-refractivity contribution in [2.45, 2.75) is 4.90 Å². The molecular weight excluding hydrogens is 473 g/mol. The number of carbonyl (C=O) groups excluding carboxylic acids is 2. The minimum absolute atomic E-state index is 0.0435. The zero-order valence-electron chi connectivity index (χ0n) is 13.9. The second-order valence-corrected chi connectivity index (χ2v) is 8.53. The van der Waals surface area contributed by atoms with Gasteiger partial charge in [-0.25, -0.2) is 12.7 Å². The van der Waals surface area contributed by atoms with E-state index >= 15 is 0 Å². The lowest BCUT2D eigenvalue weighted by Crippen LogP contribution is -2.35. The maximum atomic E-state index is 12.7. The van der Waals surface area contributed by atoms with Crippen molar-refractivity contribution in [3.05, 3.63) is 51.1 Å². The minimum Gasteiger partial charge on any atom is -0.493 e. The van der Waals surface area contributed by atoms with Gasteiger partial charge in [-0.3, -0.25) is 9.59 Å². The van der Waals surface area contributed by atoms with Crippen LogP contribution in [0.25, 0.3) is 0 Å². The SMILES string of the molecule is COc1cc2c(cc1OC)S(=O)(=O)N(CC(=O)c1ccc(I)cc1)C2=O. The maximum absolute atomic E-state index is 12.7. The first-order chi connectivity index (χ1) is 12.3. The van der Waals surface area contributed by atoms with E-state index in [-0.39, 0.29) is 22.0 Å². The molecule has 136 valence electrons. The lowest BCUT2D eigenvalue weighted by atomic mass is 10.1. The van der Waals surface area contributed by atoms with Gasteiger partial charge < -0.3 is 9.47 Å². The standard InChI is InChI=1S/C17H14INO6S/c1-24-14-7-12-16(8-15(14)25-2)26(22,23)19(17(12)21)9-13(20)10-3-5-11(18)6-4-10/h3-8H,9H2,1-2H3. The van der Waals surface area contributed by atoms with E-state index in [4.69, 9.17) is 9.47 Å². The van der Waals surface area contributed by atoms with Gasteiger partial charge in [0, 0.05) is 15.2 Å². The summed E-state index contributed by atoms with van der Waals surface area (Å²) in [6, 6.07) is 9.20. The summed E-state index contributed by atoms with van der Waals surface area (Å²) in [6.07, 6.45) is 0. The van der Waals surface area contributed by atoms with Crippen molar-refractivity contribution < 1.29 is 27.5 Å². The Bertz CT molecular complexity index is 1000. The van der Waals surface area contributed by atoms with Gasteiger partial charge in [-0.15, -0.1) is 0 Å². The lowest BCUT2D eigenvalue weighted by Gasteiger charge is -2.14. The number of carbonyl (C=O) groups is 2. The zero-order chi connectivity index (χ0) is 19.1. The summed E-state index contributed by atoms with van der Waals surface area (Å²) in [4.78, 5) is 24.8. The number of rotatable bonds is 5. The fourth-order valence-electron chi connectivity index (χ4n) is 2.62. The molecule has 1 aliphatic heterocycles. The molecule has 1 heterocycles. The molecule has 7 nitrogen and oxygen atoms in total. The molecule has 0 N–H and O–H groups in total. The first kappa shape index (κ1) is 18.6. The number of fused-ring (bicyclic) bond motifs is 1. The zero-order valence-corrected chi connectivity index (χ0v) is 16.8. The molecule has 0 fully saturated rings. The van der Waals surface area contributed by atoms with Gasteiger partial charge in [0.15, 0.2) is 17.3 Å². The summed E-state index contributed by atoms with van der Waals surface area (Å²) in [7, 11) is -1.39. The van der Waals surface area contributed by atoms with E-state index in [0.717, 1.165) is 3.57 Å². The lowest BCUT2D eigenvalue weighted by molar-refractivity contribution is 0.0820. The molecule has 0 aliphatic carbocycles. The number of Topliss-reactive ketones (excluding diaryl/α,β-unsaturated/α-hetero) is 1. The second kappa shape index (κ2) is 6.88. The Kier molecular flexibility index (Phi) is 4.93. The second-order valence-electron chi connectivity index (χ2n) is 5.45. The molecule has 1 aliphatic rings. The van der Waals surface area contributed by atoms with Crippen LogP contribution in [0.15, 0.2) is 41.3 Å². The largest absolute Gasteiger partial charge is 0.493 e. The molecule has 0 spiro atoms. The highest BCUT2D eigenvalue weighted by atomic mass is 127. The fourth-order valence-corrected chi connectivity index (χ4v) is 4.50. The number of nitrogens with zero attached hydrogens (tertiary/aromatic N) is 1. The fraction of sp³-hybridized carbons (Fsp3) is 0.176. The van der Waals surface area contributed by atoms with Crippen LogP contribution >= 0.6 is 22.6 Å². The van der Waals surface area contributed by atoms with E-state index in [9.17, 15) is 18.0 Å². The van der Waals surface area contributed by atoms with E-state index < -0.39 is 28.3 Å². The van der Waals surface area contributed by atoms with Gasteiger partial charge in [-0.05, 0) is 40.8 Å². The Morgan fingerprint density at radius 1 is 1.08 bits per heavy atom. The number of halogens is 1. The Hall–Kier alpha value is -2.14. The minimum atomic E-state index is -4.14. The Balaban J connectivity index is 1.98. The number of methoxy groups -OCH3 is 2. The van der Waals surface area contributed by atoms with Crippen LogP contribution in [-0.4, -0.2) is 45.2 Å². The number of ether oxygens (including phenoxy) is 2. The molecule has 0 atom stereocenters. The molecule has 2 aromatic rings. The van der Waals surface area contributed by atoms with Crippen molar-refractivity contribution in [1.29, 1.82) is 0 Å². The van der Waals surface area contributed by atoms with Crippen molar-refractivity contribution in [2.75, 3.05) is 20.8 Å². The summed E-state index contributed by atoms with van der Waals surface area (Å²) in [5, 5.41) is 0. The van der Waals surface area contributed by atoms with Gasteiger partial charge in [0.2, 0.25) is 0 Å². The van der Waals surface area contributed by atoms with E-state index in [0.29, 0.717) is 9.87 Å². The van der Waals surface area contributed by atoms with Crippen LogP contribution in [0.1, 0.15) is 20.7 Å². The number of benzene rings is 2. The number of hydrogen-bond donors (Lipinski definition) is 0. The predicted octanol–water partition coefficient (Wildman–Crippen LogP) is 2.34. The quantitative estimate of drug-likeness (QED) is 0.475. The average molecular weight is 487 g/mol. The Labute approximate surface area is 164 Å². The molecule has 26 heavy (non-hydrogen) atoms. The van der Waals surface area contributed by atoms with Crippen molar-refractivity contribution in [3.8, 4) is 11.5 Å². The normalized spacial score (nSPS) is 14.9. The smallest absolute Gasteiger partial charge is 0.269 e. The maximum Gasteiger partial charge on any atom is 0.269 e. The molecule has 9 heteroatoms. The van der Waals surface area contributed by atoms with Crippen molar-refractivity contribution in [2.24, 2.45) is 0 Å². The van der Waals surface area contributed by atoms with Crippen LogP contribution in [-0.2, 0) is 10.0 Å². The van der Waals surface area contributed by atoms with E-state index in [1.54, 1.807) is 24.3 Å². The Morgan fingerprint density at radius 3 is 2.23 bits per heavy atom.